The van der Waals surface area contributed by atoms with Crippen LogP contribution in [0, 0.1) is 0 Å². The molecular weight excluding hydrogens is 368 g/mol. The molecule has 27 heavy (non-hydrogen) atoms. The molecule has 1 aromatic carbocycles. The van der Waals surface area contributed by atoms with Gasteiger partial charge in [-0.1, -0.05) is 30.8 Å². The van der Waals surface area contributed by atoms with Crippen molar-refractivity contribution in [3.05, 3.63) is 36.4 Å². The van der Waals surface area contributed by atoms with Crippen molar-refractivity contribution in [2.24, 2.45) is 0 Å². The van der Waals surface area contributed by atoms with Crippen LogP contribution in [-0.4, -0.2) is 41.9 Å². The Labute approximate surface area is 158 Å². The molecule has 0 saturated carbocycles. The highest BCUT2D eigenvalue weighted by atomic mass is 32.2. The topological polar surface area (TPSA) is 109 Å². The zero-order chi connectivity index (χ0) is 18.6. The lowest BCUT2D eigenvalue weighted by atomic mass is 10.2. The molecule has 138 valence electrons. The molecule has 0 atom stereocenters. The second-order valence-electron chi connectivity index (χ2n) is 5.72. The number of benzene rings is 1. The van der Waals surface area contributed by atoms with Crippen LogP contribution >= 0.6 is 11.8 Å². The predicted molar refractivity (Wildman–Crippen MR) is 97.9 cm³/mol. The lowest BCUT2D eigenvalue weighted by Gasteiger charge is -2.05. The molecule has 0 fully saturated rings. The van der Waals surface area contributed by atoms with Gasteiger partial charge in [-0.2, -0.15) is 0 Å². The van der Waals surface area contributed by atoms with Crippen LogP contribution < -0.4 is 0 Å². The number of fused-ring (bicyclic) bond motifs is 3. The van der Waals surface area contributed by atoms with Gasteiger partial charge >= 0.3 is 5.97 Å². The van der Waals surface area contributed by atoms with Crippen LogP contribution in [0.3, 0.4) is 0 Å². The SMILES string of the molecule is CCCn1nnnc1COC(=O)CSc1ncnc2c1oc1ccccc12. The van der Waals surface area contributed by atoms with Crippen LogP contribution in [0.4, 0.5) is 0 Å². The summed E-state index contributed by atoms with van der Waals surface area (Å²) in [5.74, 6) is 0.240. The number of ether oxygens (including phenoxy) is 1. The fraction of sp³-hybridized carbons (Fsp3) is 0.294. The molecule has 3 aromatic heterocycles. The van der Waals surface area contributed by atoms with Gasteiger partial charge in [-0.3, -0.25) is 4.79 Å². The maximum atomic E-state index is 12.1. The summed E-state index contributed by atoms with van der Waals surface area (Å²) >= 11 is 1.25. The molecule has 4 aromatic rings. The number of tetrazole rings is 1. The van der Waals surface area contributed by atoms with E-state index in [1.807, 2.05) is 31.2 Å². The summed E-state index contributed by atoms with van der Waals surface area (Å²) in [6.07, 6.45) is 2.36. The fourth-order valence-electron chi connectivity index (χ4n) is 2.63. The molecule has 0 unspecified atom stereocenters. The minimum Gasteiger partial charge on any atom is -0.457 e. The molecule has 0 aliphatic heterocycles. The average molecular weight is 384 g/mol. The Hall–Kier alpha value is -3.01. The highest BCUT2D eigenvalue weighted by Crippen LogP contribution is 2.32. The smallest absolute Gasteiger partial charge is 0.316 e. The number of carbonyl (C=O) groups excluding carboxylic acids is 1. The predicted octanol–water partition coefficient (Wildman–Crippen LogP) is 2.61. The Morgan fingerprint density at radius 2 is 2.19 bits per heavy atom. The van der Waals surface area contributed by atoms with Crippen molar-refractivity contribution in [1.82, 2.24) is 30.2 Å². The standard InChI is InChI=1S/C17H16N6O3S/c1-2-7-23-13(20-21-22-23)8-25-14(24)9-27-17-16-15(18-10-19-17)11-5-3-4-6-12(11)26-16/h3-6,10H,2,7-9H2,1H3. The lowest BCUT2D eigenvalue weighted by Crippen LogP contribution is -2.12. The van der Waals surface area contributed by atoms with Gasteiger partial charge in [0, 0.05) is 11.9 Å². The van der Waals surface area contributed by atoms with Crippen molar-refractivity contribution in [2.45, 2.75) is 31.5 Å². The molecule has 0 aliphatic rings. The number of hydrogen-bond acceptors (Lipinski definition) is 9. The van der Waals surface area contributed by atoms with Crippen LogP contribution in [0.5, 0.6) is 0 Å². The van der Waals surface area contributed by atoms with E-state index in [9.17, 15) is 4.79 Å². The van der Waals surface area contributed by atoms with Crippen LogP contribution in [0.15, 0.2) is 40.0 Å². The van der Waals surface area contributed by atoms with E-state index in [0.29, 0.717) is 23.0 Å². The molecule has 0 bridgehead atoms. The minimum absolute atomic E-state index is 0.0379. The van der Waals surface area contributed by atoms with E-state index in [4.69, 9.17) is 9.15 Å². The third-order valence-electron chi connectivity index (χ3n) is 3.86. The van der Waals surface area contributed by atoms with Gasteiger partial charge in [0.1, 0.15) is 22.5 Å². The summed E-state index contributed by atoms with van der Waals surface area (Å²) in [6, 6.07) is 7.64. The van der Waals surface area contributed by atoms with E-state index >= 15 is 0 Å². The fourth-order valence-corrected chi connectivity index (χ4v) is 3.36. The second-order valence-corrected chi connectivity index (χ2v) is 6.69. The van der Waals surface area contributed by atoms with Crippen molar-refractivity contribution in [1.29, 1.82) is 0 Å². The second kappa shape index (κ2) is 7.70. The molecule has 0 amide bonds. The molecule has 0 aliphatic carbocycles. The number of carbonyl (C=O) groups is 1. The van der Waals surface area contributed by atoms with Crippen LogP contribution in [-0.2, 0) is 22.7 Å². The van der Waals surface area contributed by atoms with E-state index in [-0.39, 0.29) is 18.3 Å². The highest BCUT2D eigenvalue weighted by Gasteiger charge is 2.15. The zero-order valence-corrected chi connectivity index (χ0v) is 15.3. The number of para-hydroxylation sites is 1. The maximum absolute atomic E-state index is 12.1. The van der Waals surface area contributed by atoms with Crippen LogP contribution in [0.2, 0.25) is 0 Å². The summed E-state index contributed by atoms with van der Waals surface area (Å²) in [5.41, 5.74) is 2.04. The van der Waals surface area contributed by atoms with Gasteiger partial charge < -0.3 is 9.15 Å². The molecule has 0 saturated heterocycles. The molecule has 10 heteroatoms. The summed E-state index contributed by atoms with van der Waals surface area (Å²) in [5, 5.41) is 12.9. The van der Waals surface area contributed by atoms with Gasteiger partial charge in [0.05, 0.1) is 5.75 Å². The van der Waals surface area contributed by atoms with Gasteiger partial charge in [0.15, 0.2) is 18.0 Å². The first-order valence-corrected chi connectivity index (χ1v) is 9.40. The van der Waals surface area contributed by atoms with Crippen molar-refractivity contribution < 1.29 is 13.9 Å². The Morgan fingerprint density at radius 3 is 3.07 bits per heavy atom. The molecular formula is C17H16N6O3S. The number of furan rings is 1. The van der Waals surface area contributed by atoms with E-state index in [2.05, 4.69) is 25.5 Å². The molecule has 0 radical (unpaired) electrons. The first kappa shape index (κ1) is 17.4. The number of nitrogens with zero attached hydrogens (tertiary/aromatic N) is 6. The third-order valence-corrected chi connectivity index (χ3v) is 4.80. The molecule has 0 N–H and O–H groups in total. The summed E-state index contributed by atoms with van der Waals surface area (Å²) in [7, 11) is 0. The average Bonchev–Trinajstić information content (AvgIpc) is 3.29. The number of rotatable bonds is 7. The van der Waals surface area contributed by atoms with Crippen LogP contribution in [0.1, 0.15) is 19.2 Å². The monoisotopic (exact) mass is 384 g/mol. The van der Waals surface area contributed by atoms with Crippen LogP contribution in [0.25, 0.3) is 22.1 Å². The van der Waals surface area contributed by atoms with Gasteiger partial charge in [-0.05, 0) is 29.0 Å². The first-order valence-electron chi connectivity index (χ1n) is 8.42. The molecule has 3 heterocycles. The molecule has 9 nitrogen and oxygen atoms in total. The van der Waals surface area contributed by atoms with Gasteiger partial charge in [-0.15, -0.1) is 5.10 Å². The van der Waals surface area contributed by atoms with Gasteiger partial charge in [0.2, 0.25) is 0 Å². The van der Waals surface area contributed by atoms with Crippen molar-refractivity contribution in [3.8, 4) is 0 Å². The number of aryl methyl sites for hydroxylation is 1. The Kier molecular flexibility index (Phi) is 4.97. The zero-order valence-electron chi connectivity index (χ0n) is 14.5. The Bertz CT molecular complexity index is 1090. The van der Waals surface area contributed by atoms with Crippen molar-refractivity contribution >= 4 is 39.8 Å². The number of hydrogen-bond donors (Lipinski definition) is 0. The molecule has 4 rings (SSSR count). The summed E-state index contributed by atoms with van der Waals surface area (Å²) in [4.78, 5) is 20.6. The minimum atomic E-state index is -0.381. The van der Waals surface area contributed by atoms with E-state index in [1.54, 1.807) is 4.68 Å². The number of thioether (sulfide) groups is 1. The third kappa shape index (κ3) is 3.61. The number of esters is 1. The quantitative estimate of drug-likeness (QED) is 0.270. The normalized spacial score (nSPS) is 11.3. The van der Waals surface area contributed by atoms with Crippen molar-refractivity contribution in [3.63, 3.8) is 0 Å². The van der Waals surface area contributed by atoms with E-state index in [0.717, 1.165) is 22.9 Å². The Morgan fingerprint density at radius 1 is 1.30 bits per heavy atom. The number of aromatic nitrogens is 6. The Balaban J connectivity index is 1.42. The van der Waals surface area contributed by atoms with E-state index < -0.39 is 0 Å². The summed E-state index contributed by atoms with van der Waals surface area (Å²) < 4.78 is 12.7. The largest absolute Gasteiger partial charge is 0.457 e. The summed E-state index contributed by atoms with van der Waals surface area (Å²) in [6.45, 7) is 2.74. The highest BCUT2D eigenvalue weighted by molar-refractivity contribution is 8.00. The van der Waals surface area contributed by atoms with E-state index in [1.165, 1.54) is 18.1 Å². The maximum Gasteiger partial charge on any atom is 0.316 e. The molecule has 0 spiro atoms. The van der Waals surface area contributed by atoms with Gasteiger partial charge in [-0.25, -0.2) is 14.6 Å². The lowest BCUT2D eigenvalue weighted by molar-refractivity contribution is -0.142. The van der Waals surface area contributed by atoms with Crippen molar-refractivity contribution in [2.75, 3.05) is 5.75 Å². The first-order chi connectivity index (χ1) is 13.3. The van der Waals surface area contributed by atoms with Gasteiger partial charge in [0.25, 0.3) is 0 Å².